The smallest absolute Gasteiger partial charge is 0.246 e. The van der Waals surface area contributed by atoms with Crippen LogP contribution in [0.2, 0.25) is 0 Å². The Hall–Kier alpha value is -1.59. The minimum absolute atomic E-state index is 0.119. The molecule has 1 aromatic heterocycles. The second kappa shape index (κ2) is 3.70. The number of anilines is 1. The first kappa shape index (κ1) is 8.51. The molecule has 1 rings (SSSR count). The fourth-order valence-electron chi connectivity index (χ4n) is 0.726. The predicted molar refractivity (Wildman–Crippen MR) is 41.4 cm³/mol. The quantitative estimate of drug-likeness (QED) is 0.646. The van der Waals surface area contributed by atoms with Crippen molar-refractivity contribution >= 4 is 11.8 Å². The van der Waals surface area contributed by atoms with E-state index >= 15 is 0 Å². The molecular formula is C6H10N4O2. The Labute approximate surface area is 69.3 Å². The zero-order chi connectivity index (χ0) is 8.97. The molecule has 0 spiro atoms. The van der Waals surface area contributed by atoms with Crippen LogP contribution in [0.4, 0.5) is 5.88 Å². The normalized spacial score (nSPS) is 12.2. The molecule has 0 aliphatic carbocycles. The van der Waals surface area contributed by atoms with Gasteiger partial charge >= 0.3 is 0 Å². The molecule has 0 aliphatic rings. The van der Waals surface area contributed by atoms with Crippen LogP contribution in [-0.2, 0) is 4.79 Å². The van der Waals surface area contributed by atoms with E-state index in [-0.39, 0.29) is 11.9 Å². The summed E-state index contributed by atoms with van der Waals surface area (Å²) in [5, 5.41) is 12.0. The number of aromatic nitrogens is 2. The maximum absolute atomic E-state index is 11.0. The van der Waals surface area contributed by atoms with Gasteiger partial charge in [-0.15, -0.1) is 5.10 Å². The Morgan fingerprint density at radius 3 is 3.00 bits per heavy atom. The number of hydrogen-bond acceptors (Lipinski definition) is 5. The van der Waals surface area contributed by atoms with E-state index in [4.69, 9.17) is 0 Å². The van der Waals surface area contributed by atoms with Gasteiger partial charge in [0, 0.05) is 12.3 Å². The number of nitrogens with zero attached hydrogens (tertiary/aromatic N) is 2. The highest BCUT2D eigenvalue weighted by atomic mass is 16.5. The minimum Gasteiger partial charge on any atom is -0.357 e. The monoisotopic (exact) mass is 170 g/mol. The van der Waals surface area contributed by atoms with Gasteiger partial charge in [0.15, 0.2) is 0 Å². The SMILES string of the molecule is CNC(=O)C(C)Nc1cnno1. The molecule has 0 saturated carbocycles. The van der Waals surface area contributed by atoms with Crippen LogP contribution < -0.4 is 10.6 Å². The molecule has 1 amide bonds. The minimum atomic E-state index is -0.357. The first-order chi connectivity index (χ1) is 5.74. The zero-order valence-corrected chi connectivity index (χ0v) is 6.87. The summed E-state index contributed by atoms with van der Waals surface area (Å²) in [4.78, 5) is 11.0. The van der Waals surface area contributed by atoms with Gasteiger partial charge in [-0.05, 0) is 6.92 Å². The third-order valence-electron chi connectivity index (χ3n) is 1.36. The molecule has 1 atom stereocenters. The number of rotatable bonds is 3. The van der Waals surface area contributed by atoms with Gasteiger partial charge < -0.3 is 15.2 Å². The number of hydrogen-bond donors (Lipinski definition) is 2. The van der Waals surface area contributed by atoms with Crippen LogP contribution in [0.25, 0.3) is 0 Å². The molecule has 12 heavy (non-hydrogen) atoms. The Morgan fingerprint density at radius 1 is 1.75 bits per heavy atom. The van der Waals surface area contributed by atoms with Crippen LogP contribution in [0, 0.1) is 0 Å². The van der Waals surface area contributed by atoms with E-state index in [9.17, 15) is 4.79 Å². The standard InChI is InChI=1S/C6H10N4O2/c1-4(6(11)7-2)9-5-3-8-10-12-5/h3-4,9H,1-2H3,(H,7,11). The first-order valence-electron chi connectivity index (χ1n) is 3.49. The molecule has 2 N–H and O–H groups in total. The van der Waals surface area contributed by atoms with Crippen molar-refractivity contribution in [3.8, 4) is 0 Å². The Bertz CT molecular complexity index is 246. The number of amides is 1. The molecule has 0 bridgehead atoms. The highest BCUT2D eigenvalue weighted by molar-refractivity contribution is 5.83. The summed E-state index contributed by atoms with van der Waals surface area (Å²) in [6.45, 7) is 1.71. The van der Waals surface area contributed by atoms with E-state index in [0.717, 1.165) is 0 Å². The number of carbonyl (C=O) groups excluding carboxylic acids is 1. The van der Waals surface area contributed by atoms with Crippen molar-refractivity contribution in [2.75, 3.05) is 12.4 Å². The van der Waals surface area contributed by atoms with Crippen LogP contribution in [-0.4, -0.2) is 29.4 Å². The van der Waals surface area contributed by atoms with Gasteiger partial charge in [-0.1, -0.05) is 0 Å². The largest absolute Gasteiger partial charge is 0.357 e. The summed E-state index contributed by atoms with van der Waals surface area (Å²) < 4.78 is 4.65. The van der Waals surface area contributed by atoms with E-state index in [1.54, 1.807) is 14.0 Å². The Balaban J connectivity index is 2.47. The maximum atomic E-state index is 11.0. The second-order valence-electron chi connectivity index (χ2n) is 2.26. The van der Waals surface area contributed by atoms with Crippen molar-refractivity contribution in [2.45, 2.75) is 13.0 Å². The van der Waals surface area contributed by atoms with E-state index in [1.807, 2.05) is 0 Å². The number of carbonyl (C=O) groups is 1. The molecule has 0 aromatic carbocycles. The van der Waals surface area contributed by atoms with Gasteiger partial charge in [-0.3, -0.25) is 4.79 Å². The Morgan fingerprint density at radius 2 is 2.50 bits per heavy atom. The molecule has 0 saturated heterocycles. The Kier molecular flexibility index (Phi) is 2.62. The lowest BCUT2D eigenvalue weighted by Gasteiger charge is -2.09. The fraction of sp³-hybridized carbons (Fsp3) is 0.500. The molecular weight excluding hydrogens is 160 g/mol. The van der Waals surface area contributed by atoms with Crippen molar-refractivity contribution in [2.24, 2.45) is 0 Å². The summed E-state index contributed by atoms with van der Waals surface area (Å²) in [5.74, 6) is 0.262. The summed E-state index contributed by atoms with van der Waals surface area (Å²) in [6, 6.07) is -0.357. The maximum Gasteiger partial charge on any atom is 0.246 e. The molecule has 0 fully saturated rings. The van der Waals surface area contributed by atoms with Gasteiger partial charge in [-0.25, -0.2) is 0 Å². The topological polar surface area (TPSA) is 80.0 Å². The lowest BCUT2D eigenvalue weighted by Crippen LogP contribution is -2.35. The highest BCUT2D eigenvalue weighted by Gasteiger charge is 2.11. The van der Waals surface area contributed by atoms with E-state index in [2.05, 4.69) is 25.5 Å². The molecule has 1 aromatic rings. The average molecular weight is 170 g/mol. The summed E-state index contributed by atoms with van der Waals surface area (Å²) in [6.07, 6.45) is 1.40. The van der Waals surface area contributed by atoms with Crippen LogP contribution in [0.5, 0.6) is 0 Å². The molecule has 0 aliphatic heterocycles. The third-order valence-corrected chi connectivity index (χ3v) is 1.36. The van der Waals surface area contributed by atoms with Crippen LogP contribution >= 0.6 is 0 Å². The molecule has 66 valence electrons. The second-order valence-corrected chi connectivity index (χ2v) is 2.26. The predicted octanol–water partition coefficient (Wildman–Crippen LogP) is -0.384. The van der Waals surface area contributed by atoms with E-state index < -0.39 is 0 Å². The van der Waals surface area contributed by atoms with Gasteiger partial charge in [0.05, 0.1) is 0 Å². The van der Waals surface area contributed by atoms with Crippen LogP contribution in [0.3, 0.4) is 0 Å². The fourth-order valence-corrected chi connectivity index (χ4v) is 0.726. The van der Waals surface area contributed by atoms with Gasteiger partial charge in [0.2, 0.25) is 11.8 Å². The number of nitrogens with one attached hydrogen (secondary N) is 2. The zero-order valence-electron chi connectivity index (χ0n) is 6.87. The van der Waals surface area contributed by atoms with E-state index in [1.165, 1.54) is 6.20 Å². The lowest BCUT2D eigenvalue weighted by molar-refractivity contribution is -0.121. The van der Waals surface area contributed by atoms with Crippen LogP contribution in [0.1, 0.15) is 6.92 Å². The first-order valence-corrected chi connectivity index (χ1v) is 3.49. The summed E-state index contributed by atoms with van der Waals surface area (Å²) in [7, 11) is 1.57. The molecule has 1 heterocycles. The summed E-state index contributed by atoms with van der Waals surface area (Å²) >= 11 is 0. The average Bonchev–Trinajstić information content (AvgIpc) is 2.55. The van der Waals surface area contributed by atoms with Gasteiger partial charge in [0.1, 0.15) is 12.2 Å². The third kappa shape index (κ3) is 1.94. The van der Waals surface area contributed by atoms with Crippen LogP contribution in [0.15, 0.2) is 10.7 Å². The van der Waals surface area contributed by atoms with Crippen molar-refractivity contribution in [1.82, 2.24) is 15.7 Å². The van der Waals surface area contributed by atoms with Gasteiger partial charge in [0.25, 0.3) is 0 Å². The lowest BCUT2D eigenvalue weighted by atomic mass is 10.3. The van der Waals surface area contributed by atoms with Crippen molar-refractivity contribution in [1.29, 1.82) is 0 Å². The van der Waals surface area contributed by atoms with Crippen molar-refractivity contribution in [3.63, 3.8) is 0 Å². The molecule has 6 nitrogen and oxygen atoms in total. The van der Waals surface area contributed by atoms with E-state index in [0.29, 0.717) is 5.88 Å². The molecule has 6 heteroatoms. The summed E-state index contributed by atoms with van der Waals surface area (Å²) in [5.41, 5.74) is 0. The number of likely N-dealkylation sites (N-methyl/N-ethyl adjacent to an activating group) is 1. The molecule has 0 radical (unpaired) electrons. The molecule has 1 unspecified atom stereocenters. The van der Waals surface area contributed by atoms with Crippen molar-refractivity contribution < 1.29 is 9.32 Å². The highest BCUT2D eigenvalue weighted by Crippen LogP contribution is 2.02. The van der Waals surface area contributed by atoms with Crippen molar-refractivity contribution in [3.05, 3.63) is 6.20 Å². The van der Waals surface area contributed by atoms with Gasteiger partial charge in [-0.2, -0.15) is 0 Å².